The van der Waals surface area contributed by atoms with Crippen LogP contribution in [0.3, 0.4) is 0 Å². The number of rotatable bonds is 8. The van der Waals surface area contributed by atoms with E-state index in [1.165, 1.54) is 0 Å². The van der Waals surface area contributed by atoms with Gasteiger partial charge in [0.2, 0.25) is 0 Å². The van der Waals surface area contributed by atoms with Gasteiger partial charge in [-0.15, -0.1) is 0 Å². The molecule has 130 valence electrons. The molecule has 0 amide bonds. The van der Waals surface area contributed by atoms with Gasteiger partial charge in [0.15, 0.2) is 0 Å². The average Bonchev–Trinajstić information content (AvgIpc) is 2.44. The summed E-state index contributed by atoms with van der Waals surface area (Å²) in [4.78, 5) is 5.32. The van der Waals surface area contributed by atoms with Gasteiger partial charge < -0.3 is 4.84 Å². The molecule has 0 fully saturated rings. The van der Waals surface area contributed by atoms with Crippen LogP contribution in [0.5, 0.6) is 0 Å². The van der Waals surface area contributed by atoms with Crippen LogP contribution in [-0.2, 0) is 4.84 Å². The third-order valence-electron chi connectivity index (χ3n) is 3.04. The Balaban J connectivity index is 5.21. The zero-order chi connectivity index (χ0) is 18.1. The van der Waals surface area contributed by atoms with Crippen molar-refractivity contribution in [1.82, 2.24) is 0 Å². The van der Waals surface area contributed by atoms with Crippen molar-refractivity contribution < 1.29 is 18.0 Å². The van der Waals surface area contributed by atoms with E-state index in [0.717, 1.165) is 12.8 Å². The summed E-state index contributed by atoms with van der Waals surface area (Å²) in [5.74, 6) is 0. The third kappa shape index (κ3) is 9.78. The van der Waals surface area contributed by atoms with E-state index in [-0.39, 0.29) is 6.42 Å². The van der Waals surface area contributed by atoms with Gasteiger partial charge >= 0.3 is 6.18 Å². The number of unbranched alkanes of at least 4 members (excludes halogenated alkanes) is 1. The summed E-state index contributed by atoms with van der Waals surface area (Å²) < 4.78 is 37.3. The number of alkyl halides is 3. The molecule has 0 saturated carbocycles. The van der Waals surface area contributed by atoms with Crippen LogP contribution in [0.25, 0.3) is 0 Å². The second-order valence-electron chi connectivity index (χ2n) is 6.56. The molecule has 0 saturated heterocycles. The summed E-state index contributed by atoms with van der Waals surface area (Å²) >= 11 is 0. The van der Waals surface area contributed by atoms with Gasteiger partial charge in [0, 0.05) is 12.8 Å². The lowest BCUT2D eigenvalue weighted by atomic mass is 9.80. The van der Waals surface area contributed by atoms with E-state index >= 15 is 0 Å². The summed E-state index contributed by atoms with van der Waals surface area (Å²) in [6.45, 7) is 7.34. The van der Waals surface area contributed by atoms with Crippen LogP contribution in [0.1, 0.15) is 66.2 Å². The van der Waals surface area contributed by atoms with Crippen molar-refractivity contribution in [3.05, 3.63) is 0 Å². The third-order valence-corrected chi connectivity index (χ3v) is 3.04. The lowest BCUT2D eigenvalue weighted by molar-refractivity contribution is -0.138. The summed E-state index contributed by atoms with van der Waals surface area (Å²) in [6, 6.07) is 3.49. The van der Waals surface area contributed by atoms with Gasteiger partial charge in [-0.25, -0.2) is 0 Å². The summed E-state index contributed by atoms with van der Waals surface area (Å²) in [5.41, 5.74) is -1.83. The molecule has 0 unspecified atom stereocenters. The second kappa shape index (κ2) is 8.76. The molecule has 0 radical (unpaired) electrons. The Kier molecular flexibility index (Phi) is 8.09. The molecule has 0 atom stereocenters. The molecule has 0 spiro atoms. The van der Waals surface area contributed by atoms with Gasteiger partial charge in [-0.05, 0) is 40.0 Å². The maximum Gasteiger partial charge on any atom is 0.389 e. The van der Waals surface area contributed by atoms with Gasteiger partial charge in [-0.2, -0.15) is 23.7 Å². The molecule has 0 aliphatic carbocycles. The lowest BCUT2D eigenvalue weighted by Crippen LogP contribution is -2.25. The van der Waals surface area contributed by atoms with Crippen LogP contribution in [-0.4, -0.2) is 17.5 Å². The zero-order valence-electron chi connectivity index (χ0n) is 14.1. The predicted octanol–water partition coefficient (Wildman–Crippen LogP) is 5.11. The molecule has 0 heterocycles. The first kappa shape index (κ1) is 21.2. The van der Waals surface area contributed by atoms with Crippen LogP contribution in [0, 0.1) is 28.1 Å². The van der Waals surface area contributed by atoms with Crippen molar-refractivity contribution in [3.63, 3.8) is 0 Å². The van der Waals surface area contributed by atoms with E-state index < -0.39 is 30.0 Å². The number of oxime groups is 1. The van der Waals surface area contributed by atoms with Crippen LogP contribution >= 0.6 is 0 Å². The quantitative estimate of drug-likeness (QED) is 0.458. The molecule has 0 N–H and O–H groups in total. The normalized spacial score (nSPS) is 13.3. The first-order valence-corrected chi connectivity index (χ1v) is 7.60. The number of hydrogen-bond acceptors (Lipinski definition) is 4. The van der Waals surface area contributed by atoms with Crippen molar-refractivity contribution in [3.8, 4) is 12.1 Å². The number of hydrogen-bond donors (Lipinski definition) is 0. The van der Waals surface area contributed by atoms with Gasteiger partial charge in [0.1, 0.15) is 11.0 Å². The molecule has 4 nitrogen and oxygen atoms in total. The largest absolute Gasteiger partial charge is 0.390 e. The van der Waals surface area contributed by atoms with Crippen molar-refractivity contribution >= 4 is 5.71 Å². The summed E-state index contributed by atoms with van der Waals surface area (Å²) in [5, 5.41) is 22.5. The van der Waals surface area contributed by atoms with Gasteiger partial charge in [0.25, 0.3) is 0 Å². The first-order chi connectivity index (χ1) is 10.5. The average molecular weight is 331 g/mol. The molecule has 0 aromatic heterocycles. The van der Waals surface area contributed by atoms with Crippen molar-refractivity contribution in [2.75, 3.05) is 0 Å². The first-order valence-electron chi connectivity index (χ1n) is 7.60. The second-order valence-corrected chi connectivity index (χ2v) is 6.56. The topological polar surface area (TPSA) is 69.2 Å². The molecule has 0 aliphatic rings. The fourth-order valence-electron chi connectivity index (χ4n) is 1.76. The van der Waals surface area contributed by atoms with E-state index in [4.69, 9.17) is 4.84 Å². The smallest absolute Gasteiger partial charge is 0.389 e. The highest BCUT2D eigenvalue weighted by Gasteiger charge is 2.38. The van der Waals surface area contributed by atoms with Gasteiger partial charge in [-0.1, -0.05) is 18.5 Å². The van der Waals surface area contributed by atoms with Crippen molar-refractivity contribution in [2.45, 2.75) is 78.0 Å². The fourth-order valence-corrected chi connectivity index (χ4v) is 1.76. The molecule has 0 rings (SSSR count). The van der Waals surface area contributed by atoms with E-state index in [1.54, 1.807) is 32.9 Å². The van der Waals surface area contributed by atoms with Crippen LogP contribution < -0.4 is 0 Å². The maximum absolute atomic E-state index is 12.4. The Hall–Kier alpha value is -1.76. The van der Waals surface area contributed by atoms with E-state index in [1.807, 2.05) is 6.92 Å². The zero-order valence-corrected chi connectivity index (χ0v) is 14.1. The van der Waals surface area contributed by atoms with Crippen molar-refractivity contribution in [1.29, 1.82) is 10.5 Å². The van der Waals surface area contributed by atoms with E-state index in [9.17, 15) is 23.7 Å². The highest BCUT2D eigenvalue weighted by molar-refractivity contribution is 5.85. The van der Waals surface area contributed by atoms with Gasteiger partial charge in [0.05, 0.1) is 17.9 Å². The summed E-state index contributed by atoms with van der Waals surface area (Å²) in [7, 11) is 0. The van der Waals surface area contributed by atoms with Crippen LogP contribution in [0.4, 0.5) is 13.2 Å². The van der Waals surface area contributed by atoms with Crippen molar-refractivity contribution in [2.24, 2.45) is 10.6 Å². The number of nitriles is 2. The highest BCUT2D eigenvalue weighted by Crippen LogP contribution is 2.34. The molecule has 0 aromatic carbocycles. The minimum Gasteiger partial charge on any atom is -0.390 e. The Bertz CT molecular complexity index is 465. The molecule has 7 heteroatoms. The monoisotopic (exact) mass is 331 g/mol. The molecular weight excluding hydrogens is 307 g/mol. The Morgan fingerprint density at radius 2 is 1.65 bits per heavy atom. The van der Waals surface area contributed by atoms with Crippen LogP contribution in [0.15, 0.2) is 5.16 Å². The summed E-state index contributed by atoms with van der Waals surface area (Å²) in [6.07, 6.45) is -4.15. The van der Waals surface area contributed by atoms with Gasteiger partial charge in [-0.3, -0.25) is 0 Å². The maximum atomic E-state index is 12.4. The minimum absolute atomic E-state index is 0.133. The highest BCUT2D eigenvalue weighted by atomic mass is 19.4. The fraction of sp³-hybridized carbons (Fsp3) is 0.812. The standard InChI is InChI=1S/C16H24F3N3O/c1-5-6-7-13(22-23-14(2,3)4)10-15(11-20,12-21)8-9-16(17,18)19/h5-10H2,1-4H3. The Morgan fingerprint density at radius 3 is 2.04 bits per heavy atom. The Morgan fingerprint density at radius 1 is 1.09 bits per heavy atom. The van der Waals surface area contributed by atoms with Crippen LogP contribution in [0.2, 0.25) is 0 Å². The minimum atomic E-state index is -4.40. The van der Waals surface area contributed by atoms with E-state index in [0.29, 0.717) is 12.1 Å². The molecule has 0 bridgehead atoms. The molecule has 0 aromatic rings. The molecular formula is C16H24F3N3O. The lowest BCUT2D eigenvalue weighted by Gasteiger charge is -2.22. The molecule has 0 aliphatic heterocycles. The number of halogens is 3. The SMILES string of the molecule is CCCCC(CC(C#N)(C#N)CCC(F)(F)F)=NOC(C)(C)C. The Labute approximate surface area is 135 Å². The predicted molar refractivity (Wildman–Crippen MR) is 81.4 cm³/mol. The van der Waals surface area contributed by atoms with E-state index in [2.05, 4.69) is 5.16 Å². The number of nitrogens with zero attached hydrogens (tertiary/aromatic N) is 3. The molecule has 23 heavy (non-hydrogen) atoms.